The fourth-order valence-corrected chi connectivity index (χ4v) is 2.73. The zero-order valence-corrected chi connectivity index (χ0v) is 14.3. The second-order valence-corrected chi connectivity index (χ2v) is 5.79. The van der Waals surface area contributed by atoms with Crippen molar-refractivity contribution in [1.29, 1.82) is 0 Å². The Balaban J connectivity index is 1.70. The normalized spacial score (nSPS) is 10.7. The molecule has 3 heterocycles. The lowest BCUT2D eigenvalue weighted by Gasteiger charge is -2.07. The molecule has 0 spiro atoms. The summed E-state index contributed by atoms with van der Waals surface area (Å²) < 4.78 is 5.16. The quantitative estimate of drug-likeness (QED) is 0.515. The van der Waals surface area contributed by atoms with Crippen molar-refractivity contribution in [2.75, 3.05) is 12.4 Å². The van der Waals surface area contributed by atoms with Gasteiger partial charge >= 0.3 is 0 Å². The van der Waals surface area contributed by atoms with E-state index in [2.05, 4.69) is 25.3 Å². The number of aromatic amines is 1. The van der Waals surface area contributed by atoms with Crippen molar-refractivity contribution in [2.45, 2.75) is 0 Å². The summed E-state index contributed by atoms with van der Waals surface area (Å²) in [7, 11) is 1.49. The minimum atomic E-state index is -0.312. The Morgan fingerprint density at radius 3 is 2.74 bits per heavy atom. The molecule has 0 bridgehead atoms. The van der Waals surface area contributed by atoms with E-state index in [1.807, 2.05) is 6.07 Å². The highest BCUT2D eigenvalue weighted by Gasteiger charge is 2.13. The summed E-state index contributed by atoms with van der Waals surface area (Å²) in [4.78, 5) is 27.5. The van der Waals surface area contributed by atoms with Crippen LogP contribution in [-0.2, 0) is 0 Å². The summed E-state index contributed by atoms with van der Waals surface area (Å²) in [5.74, 6) is 0.127. The third-order valence-corrected chi connectivity index (χ3v) is 4.12. The van der Waals surface area contributed by atoms with Gasteiger partial charge in [0.1, 0.15) is 12.0 Å². The number of fused-ring (bicyclic) bond motifs is 1. The Morgan fingerprint density at radius 1 is 1.15 bits per heavy atom. The molecule has 0 saturated carbocycles. The van der Waals surface area contributed by atoms with Crippen molar-refractivity contribution in [3.8, 4) is 22.6 Å². The van der Waals surface area contributed by atoms with Crippen molar-refractivity contribution in [1.82, 2.24) is 19.9 Å². The van der Waals surface area contributed by atoms with Crippen LogP contribution >= 0.6 is 0 Å². The maximum atomic E-state index is 12.4. The molecule has 134 valence electrons. The van der Waals surface area contributed by atoms with E-state index in [1.165, 1.54) is 25.8 Å². The van der Waals surface area contributed by atoms with Crippen LogP contribution in [0.2, 0.25) is 0 Å². The Hall–Kier alpha value is -3.94. The van der Waals surface area contributed by atoms with Gasteiger partial charge in [0.05, 0.1) is 18.4 Å². The van der Waals surface area contributed by atoms with E-state index in [-0.39, 0.29) is 11.7 Å². The van der Waals surface area contributed by atoms with Crippen molar-refractivity contribution in [3.05, 3.63) is 60.9 Å². The number of pyridine rings is 1. The number of carbonyl (C=O) groups excluding carboxylic acids is 1. The highest BCUT2D eigenvalue weighted by molar-refractivity contribution is 6.08. The first kappa shape index (κ1) is 16.5. The summed E-state index contributed by atoms with van der Waals surface area (Å²) in [6.07, 6.45) is 7.65. The topological polar surface area (TPSA) is 113 Å². The Labute approximate surface area is 153 Å². The van der Waals surface area contributed by atoms with Crippen LogP contribution in [0.3, 0.4) is 0 Å². The lowest BCUT2D eigenvalue weighted by Crippen LogP contribution is -2.12. The summed E-state index contributed by atoms with van der Waals surface area (Å²) in [6.45, 7) is 0. The van der Waals surface area contributed by atoms with Crippen LogP contribution in [0, 0.1) is 0 Å². The number of carbonyl (C=O) groups is 1. The van der Waals surface area contributed by atoms with E-state index in [4.69, 9.17) is 4.74 Å². The lowest BCUT2D eigenvalue weighted by atomic mass is 10.1. The molecule has 3 aromatic heterocycles. The largest absolute Gasteiger partial charge is 0.504 e. The smallest absolute Gasteiger partial charge is 0.258 e. The van der Waals surface area contributed by atoms with Crippen LogP contribution in [0.4, 0.5) is 5.69 Å². The van der Waals surface area contributed by atoms with Crippen molar-refractivity contribution < 1.29 is 14.6 Å². The number of H-pyrrole nitrogens is 1. The van der Waals surface area contributed by atoms with Crippen molar-refractivity contribution in [2.24, 2.45) is 0 Å². The van der Waals surface area contributed by atoms with Gasteiger partial charge in [0.2, 0.25) is 0 Å². The first-order valence-corrected chi connectivity index (χ1v) is 8.06. The summed E-state index contributed by atoms with van der Waals surface area (Å²) in [5.41, 5.74) is 3.25. The van der Waals surface area contributed by atoms with Gasteiger partial charge in [0, 0.05) is 35.7 Å². The number of hydrogen-bond donors (Lipinski definition) is 3. The van der Waals surface area contributed by atoms with E-state index >= 15 is 0 Å². The fourth-order valence-electron chi connectivity index (χ4n) is 2.73. The number of phenols is 1. The Kier molecular flexibility index (Phi) is 4.13. The van der Waals surface area contributed by atoms with Gasteiger partial charge in [-0.25, -0.2) is 15.0 Å². The predicted molar refractivity (Wildman–Crippen MR) is 99.7 cm³/mol. The van der Waals surface area contributed by atoms with Crippen molar-refractivity contribution >= 4 is 22.6 Å². The molecular formula is C19H15N5O3. The van der Waals surface area contributed by atoms with Crippen LogP contribution in [0.5, 0.6) is 11.5 Å². The maximum absolute atomic E-state index is 12.4. The maximum Gasteiger partial charge on any atom is 0.258 e. The van der Waals surface area contributed by atoms with E-state index in [1.54, 1.807) is 30.6 Å². The Morgan fingerprint density at radius 2 is 1.96 bits per heavy atom. The molecule has 0 unspecified atom stereocenters. The van der Waals surface area contributed by atoms with Gasteiger partial charge in [-0.15, -0.1) is 0 Å². The lowest BCUT2D eigenvalue weighted by molar-refractivity contribution is 0.102. The number of benzene rings is 1. The van der Waals surface area contributed by atoms with Gasteiger partial charge in [0.25, 0.3) is 5.91 Å². The van der Waals surface area contributed by atoms with Gasteiger partial charge < -0.3 is 20.1 Å². The number of rotatable bonds is 4. The number of nitrogens with one attached hydrogen (secondary N) is 2. The number of aromatic hydroxyl groups is 1. The molecule has 0 aliphatic carbocycles. The molecule has 0 fully saturated rings. The van der Waals surface area contributed by atoms with Crippen LogP contribution in [0.15, 0.2) is 55.4 Å². The second kappa shape index (κ2) is 6.75. The van der Waals surface area contributed by atoms with E-state index < -0.39 is 0 Å². The molecule has 1 aromatic carbocycles. The molecular weight excluding hydrogens is 346 g/mol. The highest BCUT2D eigenvalue weighted by Crippen LogP contribution is 2.33. The van der Waals surface area contributed by atoms with E-state index in [0.717, 1.165) is 16.5 Å². The number of amides is 1. The molecule has 1 amide bonds. The second-order valence-electron chi connectivity index (χ2n) is 5.79. The van der Waals surface area contributed by atoms with Crippen LogP contribution < -0.4 is 10.1 Å². The average Bonchev–Trinajstić information content (AvgIpc) is 3.11. The number of ether oxygens (including phenoxy) is 1. The van der Waals surface area contributed by atoms with Gasteiger partial charge in [-0.2, -0.15) is 0 Å². The number of methoxy groups -OCH3 is 1. The van der Waals surface area contributed by atoms with Gasteiger partial charge in [-0.05, 0) is 23.8 Å². The van der Waals surface area contributed by atoms with Crippen LogP contribution in [0.25, 0.3) is 22.2 Å². The number of hydrogen-bond acceptors (Lipinski definition) is 6. The minimum absolute atomic E-state index is 0.0648. The molecule has 27 heavy (non-hydrogen) atoms. The van der Waals surface area contributed by atoms with E-state index in [9.17, 15) is 9.90 Å². The van der Waals surface area contributed by atoms with E-state index in [0.29, 0.717) is 22.6 Å². The first-order chi connectivity index (χ1) is 13.2. The predicted octanol–water partition coefficient (Wildman–Crippen LogP) is 2.99. The van der Waals surface area contributed by atoms with Gasteiger partial charge in [-0.3, -0.25) is 4.79 Å². The van der Waals surface area contributed by atoms with Crippen LogP contribution in [-0.4, -0.2) is 38.1 Å². The number of aromatic nitrogens is 4. The molecule has 0 atom stereocenters. The molecule has 8 heteroatoms. The number of anilines is 1. The summed E-state index contributed by atoms with van der Waals surface area (Å²) >= 11 is 0. The molecule has 4 rings (SSSR count). The molecule has 0 saturated heterocycles. The highest BCUT2D eigenvalue weighted by atomic mass is 16.5. The fraction of sp³-hybridized carbons (Fsp3) is 0.0526. The monoisotopic (exact) mass is 361 g/mol. The number of phenolic OH excluding ortho intramolecular Hbond substituents is 1. The zero-order valence-electron chi connectivity index (χ0n) is 14.3. The Bertz CT molecular complexity index is 1120. The van der Waals surface area contributed by atoms with Crippen LogP contribution in [0.1, 0.15) is 10.4 Å². The van der Waals surface area contributed by atoms with Crippen molar-refractivity contribution in [3.63, 3.8) is 0 Å². The van der Waals surface area contributed by atoms with Gasteiger partial charge in [-0.1, -0.05) is 6.07 Å². The third-order valence-electron chi connectivity index (χ3n) is 4.12. The molecule has 0 aliphatic rings. The SMILES string of the molecule is COc1cc(-c2cnc3[nH]cc(NC(=O)c4cncnc4)c3c2)ccc1O. The minimum Gasteiger partial charge on any atom is -0.504 e. The molecule has 8 nitrogen and oxygen atoms in total. The average molecular weight is 361 g/mol. The summed E-state index contributed by atoms with van der Waals surface area (Å²) in [6, 6.07) is 6.96. The standard InChI is InChI=1S/C19H15N5O3/c1-27-17-5-11(2-3-16(17)25)12-4-14-15(9-23-18(14)22-8-12)24-19(26)13-6-20-10-21-7-13/h2-10,25H,1H3,(H,22,23)(H,24,26). The summed E-state index contributed by atoms with van der Waals surface area (Å²) in [5, 5.41) is 13.4. The number of nitrogens with zero attached hydrogens (tertiary/aromatic N) is 3. The molecule has 3 N–H and O–H groups in total. The van der Waals surface area contributed by atoms with Gasteiger partial charge in [0.15, 0.2) is 11.5 Å². The first-order valence-electron chi connectivity index (χ1n) is 8.06. The molecule has 0 aliphatic heterocycles. The molecule has 4 aromatic rings. The zero-order chi connectivity index (χ0) is 18.8. The third kappa shape index (κ3) is 3.15. The molecule has 0 radical (unpaired) electrons.